The zero-order valence-electron chi connectivity index (χ0n) is 7.54. The minimum atomic E-state index is 0.237. The highest BCUT2D eigenvalue weighted by atomic mass is 16.2. The van der Waals surface area contributed by atoms with E-state index in [-0.39, 0.29) is 6.61 Å². The van der Waals surface area contributed by atoms with E-state index in [4.69, 9.17) is 5.11 Å². The summed E-state index contributed by atoms with van der Waals surface area (Å²) in [6.07, 6.45) is 1.69. The van der Waals surface area contributed by atoms with Gasteiger partial charge in [0.15, 0.2) is 0 Å². The van der Waals surface area contributed by atoms with Crippen molar-refractivity contribution >= 4 is 0 Å². The van der Waals surface area contributed by atoms with E-state index in [0.29, 0.717) is 0 Å². The highest BCUT2D eigenvalue weighted by molar-refractivity contribution is 5.19. The first-order valence-corrected chi connectivity index (χ1v) is 4.14. The molecule has 1 rings (SSSR count). The Morgan fingerprint density at radius 2 is 2.08 bits per heavy atom. The predicted octanol–water partition coefficient (Wildman–Crippen LogP) is 1.02. The van der Waals surface area contributed by atoms with Crippen LogP contribution in [-0.2, 0) is 6.42 Å². The Morgan fingerprint density at radius 3 is 2.75 bits per heavy atom. The van der Waals surface area contributed by atoms with E-state index in [2.05, 4.69) is 10.2 Å². The molecule has 0 spiro atoms. The summed E-state index contributed by atoms with van der Waals surface area (Å²) in [5.41, 5.74) is 3.10. The maximum Gasteiger partial charge on any atom is 0.0632 e. The summed E-state index contributed by atoms with van der Waals surface area (Å²) < 4.78 is 0. The molecule has 3 heteroatoms. The Bertz CT molecular complexity index is 261. The zero-order chi connectivity index (χ0) is 8.97. The van der Waals surface area contributed by atoms with Crippen LogP contribution in [0.25, 0.3) is 0 Å². The summed E-state index contributed by atoms with van der Waals surface area (Å²) in [7, 11) is 0. The van der Waals surface area contributed by atoms with Crippen LogP contribution in [0.15, 0.2) is 6.07 Å². The van der Waals surface area contributed by atoms with E-state index in [1.165, 1.54) is 5.56 Å². The monoisotopic (exact) mass is 166 g/mol. The minimum absolute atomic E-state index is 0.237. The van der Waals surface area contributed by atoms with Crippen molar-refractivity contribution in [2.45, 2.75) is 26.7 Å². The number of aliphatic hydroxyl groups is 1. The van der Waals surface area contributed by atoms with Crippen molar-refractivity contribution in [1.82, 2.24) is 10.2 Å². The molecule has 0 aromatic carbocycles. The number of nitrogens with zero attached hydrogens (tertiary/aromatic N) is 2. The molecule has 12 heavy (non-hydrogen) atoms. The fourth-order valence-corrected chi connectivity index (χ4v) is 1.13. The Balaban J connectivity index is 2.75. The van der Waals surface area contributed by atoms with Gasteiger partial charge in [-0.05, 0) is 38.3 Å². The van der Waals surface area contributed by atoms with Crippen LogP contribution in [0.1, 0.15) is 23.4 Å². The smallest absolute Gasteiger partial charge is 0.0632 e. The Labute approximate surface area is 72.5 Å². The normalized spacial score (nSPS) is 10.2. The van der Waals surface area contributed by atoms with Gasteiger partial charge in [0.05, 0.1) is 11.4 Å². The molecule has 0 aliphatic carbocycles. The van der Waals surface area contributed by atoms with Gasteiger partial charge in [-0.1, -0.05) is 0 Å². The number of rotatable bonds is 3. The van der Waals surface area contributed by atoms with E-state index < -0.39 is 0 Å². The third-order valence-corrected chi connectivity index (χ3v) is 1.81. The highest BCUT2D eigenvalue weighted by Gasteiger charge is 1.99. The molecule has 0 radical (unpaired) electrons. The zero-order valence-corrected chi connectivity index (χ0v) is 7.54. The summed E-state index contributed by atoms with van der Waals surface area (Å²) >= 11 is 0. The van der Waals surface area contributed by atoms with Crippen LogP contribution in [0, 0.1) is 13.8 Å². The Hall–Kier alpha value is -0.960. The number of hydrogen-bond acceptors (Lipinski definition) is 3. The van der Waals surface area contributed by atoms with Crippen LogP contribution in [-0.4, -0.2) is 21.9 Å². The molecule has 3 nitrogen and oxygen atoms in total. The predicted molar refractivity (Wildman–Crippen MR) is 46.9 cm³/mol. The van der Waals surface area contributed by atoms with E-state index >= 15 is 0 Å². The van der Waals surface area contributed by atoms with E-state index in [9.17, 15) is 0 Å². The van der Waals surface area contributed by atoms with Gasteiger partial charge in [0.25, 0.3) is 0 Å². The summed E-state index contributed by atoms with van der Waals surface area (Å²) in [5, 5.41) is 16.6. The quantitative estimate of drug-likeness (QED) is 0.729. The summed E-state index contributed by atoms with van der Waals surface area (Å²) in [4.78, 5) is 0. The number of aliphatic hydroxyl groups excluding tert-OH is 1. The van der Waals surface area contributed by atoms with Gasteiger partial charge < -0.3 is 5.11 Å². The van der Waals surface area contributed by atoms with Crippen molar-refractivity contribution in [3.05, 3.63) is 23.0 Å². The van der Waals surface area contributed by atoms with Crippen molar-refractivity contribution in [2.75, 3.05) is 6.61 Å². The summed E-state index contributed by atoms with van der Waals surface area (Å²) in [6.45, 7) is 4.11. The first-order valence-electron chi connectivity index (χ1n) is 4.14. The van der Waals surface area contributed by atoms with Crippen LogP contribution < -0.4 is 0 Å². The lowest BCUT2D eigenvalue weighted by atomic mass is 10.1. The molecule has 1 N–H and O–H groups in total. The van der Waals surface area contributed by atoms with Crippen molar-refractivity contribution in [1.29, 1.82) is 0 Å². The SMILES string of the molecule is Cc1cc(CCCO)c(C)nn1. The second kappa shape index (κ2) is 4.16. The number of aryl methyl sites for hydroxylation is 3. The van der Waals surface area contributed by atoms with Gasteiger partial charge in [-0.25, -0.2) is 0 Å². The molecule has 1 aromatic heterocycles. The first kappa shape index (κ1) is 9.13. The highest BCUT2D eigenvalue weighted by Crippen LogP contribution is 2.07. The van der Waals surface area contributed by atoms with E-state index in [0.717, 1.165) is 24.2 Å². The van der Waals surface area contributed by atoms with Crippen molar-refractivity contribution < 1.29 is 5.11 Å². The van der Waals surface area contributed by atoms with Crippen LogP contribution >= 0.6 is 0 Å². The third kappa shape index (κ3) is 2.27. The lowest BCUT2D eigenvalue weighted by molar-refractivity contribution is 0.288. The Morgan fingerprint density at radius 1 is 1.33 bits per heavy atom. The van der Waals surface area contributed by atoms with Crippen LogP contribution in [0.3, 0.4) is 0 Å². The molecule has 0 atom stereocenters. The van der Waals surface area contributed by atoms with E-state index in [1.807, 2.05) is 19.9 Å². The van der Waals surface area contributed by atoms with Crippen LogP contribution in [0.4, 0.5) is 0 Å². The largest absolute Gasteiger partial charge is 0.396 e. The lowest BCUT2D eigenvalue weighted by Crippen LogP contribution is -1.98. The molecule has 0 fully saturated rings. The van der Waals surface area contributed by atoms with Crippen molar-refractivity contribution in [2.24, 2.45) is 0 Å². The fourth-order valence-electron chi connectivity index (χ4n) is 1.13. The molecule has 1 heterocycles. The Kier molecular flexibility index (Phi) is 3.17. The third-order valence-electron chi connectivity index (χ3n) is 1.81. The minimum Gasteiger partial charge on any atom is -0.396 e. The molecular weight excluding hydrogens is 152 g/mol. The molecule has 0 aliphatic heterocycles. The fraction of sp³-hybridized carbons (Fsp3) is 0.556. The van der Waals surface area contributed by atoms with Gasteiger partial charge in [-0.15, -0.1) is 0 Å². The molecule has 0 saturated heterocycles. The second-order valence-corrected chi connectivity index (χ2v) is 2.92. The van der Waals surface area contributed by atoms with Crippen LogP contribution in [0.2, 0.25) is 0 Å². The van der Waals surface area contributed by atoms with Gasteiger partial charge in [-0.2, -0.15) is 10.2 Å². The lowest BCUT2D eigenvalue weighted by Gasteiger charge is -2.03. The second-order valence-electron chi connectivity index (χ2n) is 2.92. The molecule has 1 aromatic rings. The molecule has 0 saturated carbocycles. The molecule has 0 aliphatic rings. The average Bonchev–Trinajstić information content (AvgIpc) is 2.07. The van der Waals surface area contributed by atoms with Gasteiger partial charge in [0.2, 0.25) is 0 Å². The van der Waals surface area contributed by atoms with E-state index in [1.54, 1.807) is 0 Å². The standard InChI is InChI=1S/C9H14N2O/c1-7-6-9(4-3-5-12)8(2)11-10-7/h6,12H,3-5H2,1-2H3. The molecule has 0 bridgehead atoms. The molecule has 66 valence electrons. The van der Waals surface area contributed by atoms with Gasteiger partial charge in [0.1, 0.15) is 0 Å². The van der Waals surface area contributed by atoms with Gasteiger partial charge in [-0.3, -0.25) is 0 Å². The van der Waals surface area contributed by atoms with Crippen LogP contribution in [0.5, 0.6) is 0 Å². The molecule has 0 unspecified atom stereocenters. The maximum atomic E-state index is 8.65. The first-order chi connectivity index (χ1) is 5.74. The molecular formula is C9H14N2O. The van der Waals surface area contributed by atoms with Gasteiger partial charge in [0, 0.05) is 6.61 Å². The van der Waals surface area contributed by atoms with Crippen molar-refractivity contribution in [3.8, 4) is 0 Å². The maximum absolute atomic E-state index is 8.65. The van der Waals surface area contributed by atoms with Crippen molar-refractivity contribution in [3.63, 3.8) is 0 Å². The summed E-state index contributed by atoms with van der Waals surface area (Å²) in [5.74, 6) is 0. The number of aromatic nitrogens is 2. The molecule has 0 amide bonds. The average molecular weight is 166 g/mol. The van der Waals surface area contributed by atoms with Gasteiger partial charge >= 0.3 is 0 Å². The summed E-state index contributed by atoms with van der Waals surface area (Å²) in [6, 6.07) is 2.03. The topological polar surface area (TPSA) is 46.0 Å². The number of hydrogen-bond donors (Lipinski definition) is 1.